The van der Waals surface area contributed by atoms with Crippen molar-refractivity contribution in [1.82, 2.24) is 5.32 Å². The van der Waals surface area contributed by atoms with Crippen LogP contribution in [0.2, 0.25) is 0 Å². The maximum Gasteiger partial charge on any atom is 0.408 e. The van der Waals surface area contributed by atoms with Gasteiger partial charge in [-0.3, -0.25) is 0 Å². The molecule has 0 saturated carbocycles. The molecule has 0 fully saturated rings. The molecule has 0 rings (SSSR count). The van der Waals surface area contributed by atoms with Gasteiger partial charge < -0.3 is 19.5 Å². The van der Waals surface area contributed by atoms with E-state index in [1.165, 1.54) is 7.11 Å². The fourth-order valence-corrected chi connectivity index (χ4v) is 1.31. The van der Waals surface area contributed by atoms with Gasteiger partial charge in [0.15, 0.2) is 6.04 Å². The third kappa shape index (κ3) is 7.33. The fraction of sp³-hybridized carbons (Fsp3) is 0.692. The first-order chi connectivity index (χ1) is 8.56. The van der Waals surface area contributed by atoms with Crippen LogP contribution in [0, 0.1) is 0 Å². The van der Waals surface area contributed by atoms with Crippen molar-refractivity contribution in [2.75, 3.05) is 7.11 Å². The lowest BCUT2D eigenvalue weighted by Gasteiger charge is -2.26. The number of carbonyl (C=O) groups excluding carboxylic acids is 2. The van der Waals surface area contributed by atoms with E-state index in [0.717, 1.165) is 0 Å². The summed E-state index contributed by atoms with van der Waals surface area (Å²) in [6.45, 7) is 12.1. The summed E-state index contributed by atoms with van der Waals surface area (Å²) >= 11 is 0. The molecule has 19 heavy (non-hydrogen) atoms. The summed E-state index contributed by atoms with van der Waals surface area (Å²) in [7, 11) is 1.24. The number of hydrogen-bond acceptors (Lipinski definition) is 5. The second-order valence-electron chi connectivity index (χ2n) is 5.17. The minimum Gasteiger partial charge on any atom is -0.493 e. The first-order valence-electron chi connectivity index (χ1n) is 5.96. The molecule has 6 heteroatoms. The molecule has 1 amide bonds. The highest BCUT2D eigenvalue weighted by Crippen LogP contribution is 2.10. The van der Waals surface area contributed by atoms with Crippen LogP contribution in [0.5, 0.6) is 0 Å². The summed E-state index contributed by atoms with van der Waals surface area (Å²) in [6, 6.07) is -0.962. The SMILES string of the molecule is C=C(C)O[C@H](C)[C@H](NC(=O)OC(C)(C)C)C(=O)OC. The Kier molecular flexibility index (Phi) is 6.38. The first kappa shape index (κ1) is 17.3. The van der Waals surface area contributed by atoms with Crippen molar-refractivity contribution in [3.05, 3.63) is 12.3 Å². The van der Waals surface area contributed by atoms with Crippen molar-refractivity contribution < 1.29 is 23.8 Å². The van der Waals surface area contributed by atoms with Crippen LogP contribution < -0.4 is 5.32 Å². The summed E-state index contributed by atoms with van der Waals surface area (Å²) in [6.07, 6.45) is -1.32. The average Bonchev–Trinajstić information content (AvgIpc) is 2.21. The molecule has 1 N–H and O–H groups in total. The molecule has 0 aromatic heterocycles. The molecule has 0 aliphatic carbocycles. The van der Waals surface area contributed by atoms with Gasteiger partial charge in [0.25, 0.3) is 0 Å². The van der Waals surface area contributed by atoms with E-state index in [1.807, 2.05) is 0 Å². The van der Waals surface area contributed by atoms with E-state index in [4.69, 9.17) is 9.47 Å². The molecule has 0 aromatic carbocycles. The molecule has 0 radical (unpaired) electrons. The molecule has 0 spiro atoms. The normalized spacial score (nSPS) is 14.0. The average molecular weight is 273 g/mol. The van der Waals surface area contributed by atoms with Crippen LogP contribution in [0.3, 0.4) is 0 Å². The number of hydrogen-bond donors (Lipinski definition) is 1. The van der Waals surface area contributed by atoms with Gasteiger partial charge in [0.05, 0.1) is 12.9 Å². The van der Waals surface area contributed by atoms with Crippen LogP contribution in [0.15, 0.2) is 12.3 Å². The number of methoxy groups -OCH3 is 1. The summed E-state index contributed by atoms with van der Waals surface area (Å²) in [4.78, 5) is 23.3. The van der Waals surface area contributed by atoms with Gasteiger partial charge in [0.1, 0.15) is 11.7 Å². The first-order valence-corrected chi connectivity index (χ1v) is 5.96. The van der Waals surface area contributed by atoms with Gasteiger partial charge in [-0.2, -0.15) is 0 Å². The minimum absolute atomic E-state index is 0.437. The number of carbonyl (C=O) groups is 2. The highest BCUT2D eigenvalue weighted by Gasteiger charge is 2.31. The summed E-state index contributed by atoms with van der Waals surface area (Å²) in [5.74, 6) is -0.174. The topological polar surface area (TPSA) is 73.9 Å². The van der Waals surface area contributed by atoms with Gasteiger partial charge in [0.2, 0.25) is 0 Å². The summed E-state index contributed by atoms with van der Waals surface area (Å²) in [5.41, 5.74) is -0.650. The number of rotatable bonds is 5. The van der Waals surface area contributed by atoms with E-state index < -0.39 is 29.8 Å². The molecule has 0 aromatic rings. The van der Waals surface area contributed by atoms with E-state index in [-0.39, 0.29) is 0 Å². The molecular formula is C13H23NO5. The highest BCUT2D eigenvalue weighted by atomic mass is 16.6. The van der Waals surface area contributed by atoms with Crippen molar-refractivity contribution in [3.8, 4) is 0 Å². The number of esters is 1. The van der Waals surface area contributed by atoms with Crippen LogP contribution in [-0.4, -0.2) is 36.9 Å². The van der Waals surface area contributed by atoms with E-state index in [1.54, 1.807) is 34.6 Å². The number of nitrogens with one attached hydrogen (secondary N) is 1. The van der Waals surface area contributed by atoms with Gasteiger partial charge >= 0.3 is 12.1 Å². The Hall–Kier alpha value is -1.72. The minimum atomic E-state index is -0.962. The Bertz CT molecular complexity index is 345. The molecule has 0 aliphatic rings. The zero-order valence-corrected chi connectivity index (χ0v) is 12.4. The predicted octanol–water partition coefficient (Wildman–Crippen LogP) is 1.99. The third-order valence-corrected chi connectivity index (χ3v) is 1.98. The van der Waals surface area contributed by atoms with E-state index in [2.05, 4.69) is 16.6 Å². The zero-order chi connectivity index (χ0) is 15.2. The van der Waals surface area contributed by atoms with E-state index in [0.29, 0.717) is 5.76 Å². The van der Waals surface area contributed by atoms with E-state index >= 15 is 0 Å². The predicted molar refractivity (Wildman–Crippen MR) is 70.5 cm³/mol. The summed E-state index contributed by atoms with van der Waals surface area (Å²) in [5, 5.41) is 2.43. The maximum atomic E-state index is 11.7. The number of allylic oxidation sites excluding steroid dienone is 1. The molecule has 0 saturated heterocycles. The van der Waals surface area contributed by atoms with Crippen LogP contribution in [0.1, 0.15) is 34.6 Å². The Balaban J connectivity index is 4.73. The highest BCUT2D eigenvalue weighted by molar-refractivity contribution is 5.82. The van der Waals surface area contributed by atoms with Crippen LogP contribution in [-0.2, 0) is 19.0 Å². The Morgan fingerprint density at radius 3 is 2.16 bits per heavy atom. The van der Waals surface area contributed by atoms with Crippen molar-refractivity contribution in [3.63, 3.8) is 0 Å². The van der Waals surface area contributed by atoms with Gasteiger partial charge in [-0.05, 0) is 34.6 Å². The molecule has 110 valence electrons. The molecule has 0 bridgehead atoms. The van der Waals surface area contributed by atoms with Crippen molar-refractivity contribution in [2.24, 2.45) is 0 Å². The van der Waals surface area contributed by atoms with Gasteiger partial charge in [-0.1, -0.05) is 6.58 Å². The molecule has 2 atom stereocenters. The molecule has 0 unspecified atom stereocenters. The second-order valence-corrected chi connectivity index (χ2v) is 5.17. The number of alkyl carbamates (subject to hydrolysis) is 1. The largest absolute Gasteiger partial charge is 0.493 e. The Morgan fingerprint density at radius 1 is 1.26 bits per heavy atom. The van der Waals surface area contributed by atoms with Gasteiger partial charge in [-0.15, -0.1) is 0 Å². The Labute approximate surface area is 114 Å². The smallest absolute Gasteiger partial charge is 0.408 e. The lowest BCUT2D eigenvalue weighted by Crippen LogP contribution is -2.50. The molecular weight excluding hydrogens is 250 g/mol. The standard InChI is InChI=1S/C13H23NO5/c1-8(2)18-9(3)10(11(15)17-7)14-12(16)19-13(4,5)6/h9-10H,1H2,2-7H3,(H,14,16)/t9-,10+/m1/s1. The maximum absolute atomic E-state index is 11.7. The molecule has 0 heterocycles. The quantitative estimate of drug-likeness (QED) is 0.612. The molecule has 6 nitrogen and oxygen atoms in total. The monoisotopic (exact) mass is 273 g/mol. The second kappa shape index (κ2) is 7.01. The summed E-state index contributed by atoms with van der Waals surface area (Å²) < 4.78 is 15.0. The van der Waals surface area contributed by atoms with Crippen LogP contribution in [0.25, 0.3) is 0 Å². The van der Waals surface area contributed by atoms with Gasteiger partial charge in [0, 0.05) is 0 Å². The lowest BCUT2D eigenvalue weighted by atomic mass is 10.2. The van der Waals surface area contributed by atoms with Crippen LogP contribution in [0.4, 0.5) is 4.79 Å². The Morgan fingerprint density at radius 2 is 1.79 bits per heavy atom. The van der Waals surface area contributed by atoms with Gasteiger partial charge in [-0.25, -0.2) is 9.59 Å². The van der Waals surface area contributed by atoms with Crippen molar-refractivity contribution in [2.45, 2.75) is 52.4 Å². The van der Waals surface area contributed by atoms with Crippen molar-refractivity contribution in [1.29, 1.82) is 0 Å². The van der Waals surface area contributed by atoms with Crippen molar-refractivity contribution >= 4 is 12.1 Å². The van der Waals surface area contributed by atoms with E-state index in [9.17, 15) is 9.59 Å². The number of ether oxygens (including phenoxy) is 3. The zero-order valence-electron chi connectivity index (χ0n) is 12.4. The molecule has 0 aliphatic heterocycles. The fourth-order valence-electron chi connectivity index (χ4n) is 1.31. The lowest BCUT2D eigenvalue weighted by molar-refractivity contribution is -0.146. The number of amides is 1. The van der Waals surface area contributed by atoms with Crippen LogP contribution >= 0.6 is 0 Å². The third-order valence-electron chi connectivity index (χ3n) is 1.98.